The lowest BCUT2D eigenvalue weighted by Crippen LogP contribution is -2.30. The highest BCUT2D eigenvalue weighted by molar-refractivity contribution is 5.25. The number of nitrogens with two attached hydrogens (primary N) is 1. The average Bonchev–Trinajstić information content (AvgIpc) is 2.88. The van der Waals surface area contributed by atoms with Crippen molar-refractivity contribution in [3.63, 3.8) is 0 Å². The van der Waals surface area contributed by atoms with E-state index in [9.17, 15) is 0 Å². The third-order valence-electron chi connectivity index (χ3n) is 2.85. The van der Waals surface area contributed by atoms with Crippen LogP contribution in [0.25, 0.3) is 0 Å². The van der Waals surface area contributed by atoms with Gasteiger partial charge in [-0.2, -0.15) is 10.2 Å². The monoisotopic (exact) mass is 234 g/mol. The molecule has 6 heteroatoms. The second kappa shape index (κ2) is 4.68. The highest BCUT2D eigenvalue weighted by Gasteiger charge is 2.18. The Bertz CT molecular complexity index is 498. The van der Waals surface area contributed by atoms with Crippen molar-refractivity contribution in [1.82, 2.24) is 25.0 Å². The summed E-state index contributed by atoms with van der Waals surface area (Å²) in [6.45, 7) is 2.08. The van der Waals surface area contributed by atoms with Crippen LogP contribution in [0.5, 0.6) is 0 Å². The van der Waals surface area contributed by atoms with Gasteiger partial charge in [0.25, 0.3) is 0 Å². The number of hydrogen-bond acceptors (Lipinski definition) is 4. The van der Waals surface area contributed by atoms with Crippen molar-refractivity contribution in [1.29, 1.82) is 0 Å². The molecule has 2 rings (SSSR count). The molecule has 0 saturated carbocycles. The first-order chi connectivity index (χ1) is 8.15. The largest absolute Gasteiger partial charge is 0.275 e. The first-order valence-electron chi connectivity index (χ1n) is 5.63. The van der Waals surface area contributed by atoms with Crippen LogP contribution in [-0.4, -0.2) is 19.6 Å². The van der Waals surface area contributed by atoms with E-state index in [0.29, 0.717) is 0 Å². The minimum Gasteiger partial charge on any atom is -0.275 e. The van der Waals surface area contributed by atoms with E-state index in [0.717, 1.165) is 23.4 Å². The lowest BCUT2D eigenvalue weighted by Gasteiger charge is -2.14. The standard InChI is InChI=1S/C11H18N6/c1-4-9-5-10(17(3)15-9)11(14-12)8-6-13-16(2)7-8/h5-7,11,14H,4,12H2,1-3H3. The fourth-order valence-corrected chi connectivity index (χ4v) is 1.93. The number of nitrogens with one attached hydrogen (secondary N) is 1. The van der Waals surface area contributed by atoms with Crippen molar-refractivity contribution in [2.45, 2.75) is 19.4 Å². The number of nitrogens with zero attached hydrogens (tertiary/aromatic N) is 4. The van der Waals surface area contributed by atoms with E-state index in [-0.39, 0.29) is 6.04 Å². The van der Waals surface area contributed by atoms with E-state index >= 15 is 0 Å². The fraction of sp³-hybridized carbons (Fsp3) is 0.455. The van der Waals surface area contributed by atoms with Gasteiger partial charge in [-0.3, -0.25) is 15.2 Å². The molecule has 0 saturated heterocycles. The Hall–Kier alpha value is -1.66. The first kappa shape index (κ1) is 11.8. The van der Waals surface area contributed by atoms with Gasteiger partial charge in [-0.15, -0.1) is 0 Å². The molecule has 6 nitrogen and oxygen atoms in total. The molecular weight excluding hydrogens is 216 g/mol. The van der Waals surface area contributed by atoms with Crippen LogP contribution in [0.15, 0.2) is 18.5 Å². The molecule has 0 aliphatic rings. The Kier molecular flexibility index (Phi) is 3.26. The maximum atomic E-state index is 5.64. The van der Waals surface area contributed by atoms with E-state index in [2.05, 4.69) is 28.6 Å². The molecule has 92 valence electrons. The Balaban J connectivity index is 2.37. The van der Waals surface area contributed by atoms with Crippen LogP contribution in [0.2, 0.25) is 0 Å². The Morgan fingerprint density at radius 2 is 2.24 bits per heavy atom. The van der Waals surface area contributed by atoms with Gasteiger partial charge < -0.3 is 0 Å². The number of rotatable bonds is 4. The fourth-order valence-electron chi connectivity index (χ4n) is 1.93. The van der Waals surface area contributed by atoms with Crippen LogP contribution in [0.3, 0.4) is 0 Å². The smallest absolute Gasteiger partial charge is 0.0908 e. The quantitative estimate of drug-likeness (QED) is 0.588. The summed E-state index contributed by atoms with van der Waals surface area (Å²) in [5, 5.41) is 8.58. The molecule has 2 aromatic heterocycles. The van der Waals surface area contributed by atoms with E-state index in [1.165, 1.54) is 0 Å². The van der Waals surface area contributed by atoms with Crippen molar-refractivity contribution in [2.24, 2.45) is 19.9 Å². The third kappa shape index (κ3) is 2.22. The third-order valence-corrected chi connectivity index (χ3v) is 2.85. The summed E-state index contributed by atoms with van der Waals surface area (Å²) < 4.78 is 3.62. The summed E-state index contributed by atoms with van der Waals surface area (Å²) in [5.74, 6) is 5.64. The molecule has 0 aliphatic carbocycles. The van der Waals surface area contributed by atoms with Gasteiger partial charge in [0.05, 0.1) is 23.6 Å². The molecule has 3 N–H and O–H groups in total. The van der Waals surface area contributed by atoms with Crippen molar-refractivity contribution in [3.05, 3.63) is 35.4 Å². The summed E-state index contributed by atoms with van der Waals surface area (Å²) in [6.07, 6.45) is 4.67. The highest BCUT2D eigenvalue weighted by Crippen LogP contribution is 2.21. The lowest BCUT2D eigenvalue weighted by molar-refractivity contribution is 0.573. The van der Waals surface area contributed by atoms with Gasteiger partial charge in [-0.25, -0.2) is 5.43 Å². The molecule has 0 aromatic carbocycles. The average molecular weight is 234 g/mol. The first-order valence-corrected chi connectivity index (χ1v) is 5.63. The summed E-state index contributed by atoms with van der Waals surface area (Å²) in [6, 6.07) is 1.99. The molecule has 17 heavy (non-hydrogen) atoms. The van der Waals surface area contributed by atoms with Crippen LogP contribution >= 0.6 is 0 Å². The van der Waals surface area contributed by atoms with Gasteiger partial charge >= 0.3 is 0 Å². The minimum absolute atomic E-state index is 0.0819. The molecular formula is C11H18N6. The van der Waals surface area contributed by atoms with E-state index in [1.54, 1.807) is 4.68 Å². The van der Waals surface area contributed by atoms with Crippen LogP contribution in [0, 0.1) is 0 Å². The van der Waals surface area contributed by atoms with E-state index in [1.807, 2.05) is 31.2 Å². The second-order valence-electron chi connectivity index (χ2n) is 4.08. The van der Waals surface area contributed by atoms with Crippen LogP contribution in [0.1, 0.15) is 29.9 Å². The summed E-state index contributed by atoms with van der Waals surface area (Å²) >= 11 is 0. The molecule has 0 fully saturated rings. The molecule has 2 aromatic rings. The molecule has 1 atom stereocenters. The Morgan fingerprint density at radius 3 is 2.71 bits per heavy atom. The van der Waals surface area contributed by atoms with E-state index in [4.69, 9.17) is 5.84 Å². The van der Waals surface area contributed by atoms with Gasteiger partial charge in [0.2, 0.25) is 0 Å². The van der Waals surface area contributed by atoms with Crippen LogP contribution in [0.4, 0.5) is 0 Å². The van der Waals surface area contributed by atoms with Gasteiger partial charge in [-0.1, -0.05) is 6.92 Å². The second-order valence-corrected chi connectivity index (χ2v) is 4.08. The van der Waals surface area contributed by atoms with E-state index < -0.39 is 0 Å². The zero-order valence-corrected chi connectivity index (χ0v) is 10.4. The molecule has 2 heterocycles. The normalized spacial score (nSPS) is 12.9. The zero-order valence-electron chi connectivity index (χ0n) is 10.4. The number of hydrazine groups is 1. The molecule has 0 bridgehead atoms. The van der Waals surface area contributed by atoms with Gasteiger partial charge in [0, 0.05) is 25.9 Å². The zero-order chi connectivity index (χ0) is 12.4. The topological polar surface area (TPSA) is 73.7 Å². The Morgan fingerprint density at radius 1 is 1.47 bits per heavy atom. The molecule has 0 amide bonds. The molecule has 0 aliphatic heterocycles. The summed E-state index contributed by atoms with van der Waals surface area (Å²) in [5.41, 5.74) is 5.94. The van der Waals surface area contributed by atoms with Crippen LogP contribution in [-0.2, 0) is 20.5 Å². The lowest BCUT2D eigenvalue weighted by atomic mass is 10.1. The summed E-state index contributed by atoms with van der Waals surface area (Å²) in [7, 11) is 3.81. The maximum absolute atomic E-state index is 5.64. The Labute approximate surface area is 100 Å². The van der Waals surface area contributed by atoms with Gasteiger partial charge in [-0.05, 0) is 12.5 Å². The van der Waals surface area contributed by atoms with Crippen molar-refractivity contribution in [3.8, 4) is 0 Å². The maximum Gasteiger partial charge on any atom is 0.0908 e. The SMILES string of the molecule is CCc1cc(C(NN)c2cnn(C)c2)n(C)n1. The number of hydrogen-bond donors (Lipinski definition) is 2. The molecule has 0 spiro atoms. The number of aromatic nitrogens is 4. The summed E-state index contributed by atoms with van der Waals surface area (Å²) in [4.78, 5) is 0. The highest BCUT2D eigenvalue weighted by atomic mass is 15.3. The van der Waals surface area contributed by atoms with Gasteiger partial charge in [0.1, 0.15) is 0 Å². The predicted molar refractivity (Wildman–Crippen MR) is 65.0 cm³/mol. The predicted octanol–water partition coefficient (Wildman–Crippen LogP) is 0.269. The van der Waals surface area contributed by atoms with Crippen molar-refractivity contribution >= 4 is 0 Å². The molecule has 0 radical (unpaired) electrons. The minimum atomic E-state index is -0.0819. The van der Waals surface area contributed by atoms with Gasteiger partial charge in [0.15, 0.2) is 0 Å². The van der Waals surface area contributed by atoms with Crippen molar-refractivity contribution < 1.29 is 0 Å². The van der Waals surface area contributed by atoms with Crippen LogP contribution < -0.4 is 11.3 Å². The van der Waals surface area contributed by atoms with Crippen molar-refractivity contribution in [2.75, 3.05) is 0 Å². The molecule has 1 unspecified atom stereocenters. The number of aryl methyl sites for hydroxylation is 3.